The van der Waals surface area contributed by atoms with Gasteiger partial charge in [0.1, 0.15) is 0 Å². The van der Waals surface area contributed by atoms with Gasteiger partial charge in [0.05, 0.1) is 30.7 Å². The summed E-state index contributed by atoms with van der Waals surface area (Å²) in [6.45, 7) is 1.35. The maximum absolute atomic E-state index is 5.40. The lowest BCUT2D eigenvalue weighted by molar-refractivity contribution is 0.183. The Hall–Kier alpha value is -2.18. The Kier molecular flexibility index (Phi) is 3.98. The summed E-state index contributed by atoms with van der Waals surface area (Å²) in [5.41, 5.74) is 3.07. The Morgan fingerprint density at radius 2 is 2.10 bits per heavy atom. The number of rotatable bonds is 5. The topological polar surface area (TPSA) is 47.8 Å². The highest BCUT2D eigenvalue weighted by Crippen LogP contribution is 2.23. The van der Waals surface area contributed by atoms with Gasteiger partial charge in [0, 0.05) is 25.1 Å². The Balaban J connectivity index is 2.01. The van der Waals surface area contributed by atoms with Gasteiger partial charge in [-0.2, -0.15) is 5.10 Å². The van der Waals surface area contributed by atoms with Gasteiger partial charge < -0.3 is 9.72 Å². The van der Waals surface area contributed by atoms with Crippen LogP contribution in [0.25, 0.3) is 16.9 Å². The molecule has 21 heavy (non-hydrogen) atoms. The number of benzene rings is 1. The van der Waals surface area contributed by atoms with Crippen molar-refractivity contribution in [3.05, 3.63) is 53.7 Å². The van der Waals surface area contributed by atoms with Crippen molar-refractivity contribution in [2.24, 2.45) is 0 Å². The SMILES string of the molecule is COCCn1cc(-n2c(-c3ccccc3)c[nH]c2=S)cn1. The van der Waals surface area contributed by atoms with E-state index in [1.807, 2.05) is 46.0 Å². The van der Waals surface area contributed by atoms with E-state index in [1.54, 1.807) is 7.11 Å². The van der Waals surface area contributed by atoms with Crippen LogP contribution in [-0.2, 0) is 11.3 Å². The second-order valence-electron chi connectivity index (χ2n) is 4.63. The molecule has 0 amide bonds. The summed E-state index contributed by atoms with van der Waals surface area (Å²) >= 11 is 5.40. The Morgan fingerprint density at radius 3 is 2.86 bits per heavy atom. The zero-order valence-electron chi connectivity index (χ0n) is 11.7. The van der Waals surface area contributed by atoms with E-state index in [-0.39, 0.29) is 0 Å². The highest BCUT2D eigenvalue weighted by molar-refractivity contribution is 7.71. The molecule has 0 aliphatic rings. The molecule has 0 bridgehead atoms. The van der Waals surface area contributed by atoms with Gasteiger partial charge in [0.15, 0.2) is 4.77 Å². The average molecular weight is 300 g/mol. The van der Waals surface area contributed by atoms with E-state index in [1.165, 1.54) is 0 Å². The first-order valence-electron chi connectivity index (χ1n) is 6.67. The molecule has 0 spiro atoms. The second-order valence-corrected chi connectivity index (χ2v) is 5.02. The monoisotopic (exact) mass is 300 g/mol. The van der Waals surface area contributed by atoms with Gasteiger partial charge in [-0.3, -0.25) is 9.25 Å². The van der Waals surface area contributed by atoms with Gasteiger partial charge in [0.25, 0.3) is 0 Å². The molecule has 0 unspecified atom stereocenters. The van der Waals surface area contributed by atoms with Gasteiger partial charge >= 0.3 is 0 Å². The molecular weight excluding hydrogens is 284 g/mol. The fourth-order valence-corrected chi connectivity index (χ4v) is 2.48. The predicted octanol–water partition coefficient (Wildman–Crippen LogP) is 3.04. The third-order valence-corrected chi connectivity index (χ3v) is 3.55. The minimum atomic E-state index is 0.630. The summed E-state index contributed by atoms with van der Waals surface area (Å²) < 4.78 is 9.56. The number of aromatic amines is 1. The summed E-state index contributed by atoms with van der Waals surface area (Å²) in [6.07, 6.45) is 5.70. The smallest absolute Gasteiger partial charge is 0.182 e. The van der Waals surface area contributed by atoms with Crippen molar-refractivity contribution in [2.45, 2.75) is 6.54 Å². The van der Waals surface area contributed by atoms with Crippen LogP contribution >= 0.6 is 12.2 Å². The molecule has 0 radical (unpaired) electrons. The highest BCUT2D eigenvalue weighted by Gasteiger charge is 2.10. The summed E-state index contributed by atoms with van der Waals surface area (Å²) in [4.78, 5) is 3.10. The third kappa shape index (κ3) is 2.81. The van der Waals surface area contributed by atoms with Crippen molar-refractivity contribution in [1.82, 2.24) is 19.3 Å². The molecule has 6 heteroatoms. The summed E-state index contributed by atoms with van der Waals surface area (Å²) in [5, 5.41) is 4.34. The molecule has 0 fully saturated rings. The molecule has 3 rings (SSSR count). The third-order valence-electron chi connectivity index (χ3n) is 3.25. The molecule has 2 heterocycles. The second kappa shape index (κ2) is 6.07. The molecule has 0 aliphatic heterocycles. The number of ether oxygens (including phenoxy) is 1. The number of nitrogens with zero attached hydrogens (tertiary/aromatic N) is 3. The van der Waals surface area contributed by atoms with Gasteiger partial charge in [-0.05, 0) is 12.2 Å². The number of H-pyrrole nitrogens is 1. The van der Waals surface area contributed by atoms with Crippen LogP contribution in [0.15, 0.2) is 48.9 Å². The van der Waals surface area contributed by atoms with Crippen molar-refractivity contribution in [3.8, 4) is 16.9 Å². The van der Waals surface area contributed by atoms with Crippen molar-refractivity contribution in [3.63, 3.8) is 0 Å². The average Bonchev–Trinajstić information content (AvgIpc) is 3.12. The van der Waals surface area contributed by atoms with E-state index in [2.05, 4.69) is 22.2 Å². The van der Waals surface area contributed by atoms with E-state index in [9.17, 15) is 0 Å². The molecular formula is C15H16N4OS. The summed E-state index contributed by atoms with van der Waals surface area (Å²) in [7, 11) is 1.68. The quantitative estimate of drug-likeness (QED) is 0.737. The van der Waals surface area contributed by atoms with Crippen LogP contribution in [0.3, 0.4) is 0 Å². The Labute approximate surface area is 127 Å². The van der Waals surface area contributed by atoms with Crippen LogP contribution in [0.1, 0.15) is 0 Å². The number of nitrogens with one attached hydrogen (secondary N) is 1. The van der Waals surface area contributed by atoms with Crippen molar-refractivity contribution >= 4 is 12.2 Å². The van der Waals surface area contributed by atoms with Crippen LogP contribution in [0.2, 0.25) is 0 Å². The van der Waals surface area contributed by atoms with Crippen LogP contribution < -0.4 is 0 Å². The van der Waals surface area contributed by atoms with Crippen LogP contribution in [-0.4, -0.2) is 33.0 Å². The van der Waals surface area contributed by atoms with Crippen LogP contribution in [0.4, 0.5) is 0 Å². The molecule has 3 aromatic rings. The zero-order valence-corrected chi connectivity index (χ0v) is 12.5. The fraction of sp³-hybridized carbons (Fsp3) is 0.200. The number of imidazole rings is 1. The normalized spacial score (nSPS) is 10.9. The lowest BCUT2D eigenvalue weighted by Gasteiger charge is -2.05. The largest absolute Gasteiger partial charge is 0.383 e. The van der Waals surface area contributed by atoms with Crippen molar-refractivity contribution in [1.29, 1.82) is 0 Å². The molecule has 0 atom stereocenters. The van der Waals surface area contributed by atoms with Gasteiger partial charge in [-0.25, -0.2) is 0 Å². The van der Waals surface area contributed by atoms with E-state index in [0.717, 1.165) is 23.5 Å². The molecule has 1 N–H and O–H groups in total. The predicted molar refractivity (Wildman–Crippen MR) is 84.1 cm³/mol. The van der Waals surface area contributed by atoms with E-state index in [0.29, 0.717) is 11.4 Å². The first kappa shape index (κ1) is 13.8. The Morgan fingerprint density at radius 1 is 1.29 bits per heavy atom. The number of aromatic nitrogens is 4. The zero-order chi connectivity index (χ0) is 14.7. The van der Waals surface area contributed by atoms with E-state index in [4.69, 9.17) is 17.0 Å². The Bertz CT molecular complexity index is 772. The van der Waals surface area contributed by atoms with Crippen LogP contribution in [0, 0.1) is 4.77 Å². The maximum atomic E-state index is 5.40. The number of methoxy groups -OCH3 is 1. The molecule has 2 aromatic heterocycles. The fourth-order valence-electron chi connectivity index (χ4n) is 2.22. The molecule has 5 nitrogen and oxygen atoms in total. The van der Waals surface area contributed by atoms with Gasteiger partial charge in [-0.1, -0.05) is 30.3 Å². The maximum Gasteiger partial charge on any atom is 0.182 e. The lowest BCUT2D eigenvalue weighted by Crippen LogP contribution is -2.04. The lowest BCUT2D eigenvalue weighted by atomic mass is 10.2. The minimum Gasteiger partial charge on any atom is -0.383 e. The number of hydrogen-bond donors (Lipinski definition) is 1. The minimum absolute atomic E-state index is 0.630. The molecule has 1 aromatic carbocycles. The first-order chi connectivity index (χ1) is 10.3. The van der Waals surface area contributed by atoms with Crippen molar-refractivity contribution in [2.75, 3.05) is 13.7 Å². The standard InChI is InChI=1S/C15H16N4OS/c1-20-8-7-18-11-13(9-17-18)19-14(10-16-15(19)21)12-5-3-2-4-6-12/h2-6,9-11H,7-8H2,1H3,(H,16,21). The van der Waals surface area contributed by atoms with Gasteiger partial charge in [-0.15, -0.1) is 0 Å². The molecule has 0 saturated heterocycles. The van der Waals surface area contributed by atoms with Gasteiger partial charge in [0.2, 0.25) is 0 Å². The summed E-state index contributed by atoms with van der Waals surface area (Å²) in [5.74, 6) is 0. The molecule has 0 saturated carbocycles. The number of hydrogen-bond acceptors (Lipinski definition) is 3. The first-order valence-corrected chi connectivity index (χ1v) is 7.08. The van der Waals surface area contributed by atoms with Crippen LogP contribution in [0.5, 0.6) is 0 Å². The summed E-state index contributed by atoms with van der Waals surface area (Å²) in [6, 6.07) is 10.1. The van der Waals surface area contributed by atoms with Crippen molar-refractivity contribution < 1.29 is 4.74 Å². The molecule has 0 aliphatic carbocycles. The van der Waals surface area contributed by atoms with E-state index >= 15 is 0 Å². The van der Waals surface area contributed by atoms with E-state index < -0.39 is 0 Å². The highest BCUT2D eigenvalue weighted by atomic mass is 32.1. The molecule has 108 valence electrons.